The maximum Gasteiger partial charge on any atom is 0.329 e. The predicted molar refractivity (Wildman–Crippen MR) is 143 cm³/mol. The Morgan fingerprint density at radius 1 is 0.973 bits per heavy atom. The van der Waals surface area contributed by atoms with Crippen molar-refractivity contribution in [3.05, 3.63) is 28.7 Å². The molecule has 2 amide bonds. The van der Waals surface area contributed by atoms with Crippen LogP contribution in [0.1, 0.15) is 44.6 Å². The maximum atomic E-state index is 13.3. The number of piperazine rings is 1. The Labute approximate surface area is 217 Å². The number of nitrogens with zero attached hydrogens (tertiary/aromatic N) is 5. The molecule has 0 spiro atoms. The summed E-state index contributed by atoms with van der Waals surface area (Å²) in [5.41, 5.74) is 8.44. The molecule has 4 heterocycles. The first-order valence-electron chi connectivity index (χ1n) is 13.9. The van der Waals surface area contributed by atoms with Crippen molar-refractivity contribution in [1.82, 2.24) is 24.3 Å². The average molecular weight is 510 g/mol. The van der Waals surface area contributed by atoms with E-state index in [4.69, 9.17) is 5.73 Å². The number of amides is 2. The van der Waals surface area contributed by atoms with Gasteiger partial charge in [0.1, 0.15) is 6.04 Å². The molecule has 1 aromatic carbocycles. The van der Waals surface area contributed by atoms with E-state index in [-0.39, 0.29) is 18.0 Å². The highest BCUT2D eigenvalue weighted by molar-refractivity contribution is 6.00. The molecule has 2 aromatic rings. The summed E-state index contributed by atoms with van der Waals surface area (Å²) in [7, 11) is 1.78. The Kier molecular flexibility index (Phi) is 6.58. The van der Waals surface area contributed by atoms with E-state index in [1.807, 2.05) is 12.1 Å². The predicted octanol–water partition coefficient (Wildman–Crippen LogP) is 0.641. The van der Waals surface area contributed by atoms with Crippen molar-refractivity contribution in [2.75, 3.05) is 50.7 Å². The van der Waals surface area contributed by atoms with Crippen molar-refractivity contribution in [2.45, 2.75) is 56.7 Å². The zero-order valence-electron chi connectivity index (χ0n) is 21.8. The van der Waals surface area contributed by atoms with Gasteiger partial charge in [-0.05, 0) is 50.2 Å². The normalized spacial score (nSPS) is 28.5. The largest absolute Gasteiger partial charge is 0.370 e. The number of benzene rings is 1. The van der Waals surface area contributed by atoms with E-state index in [1.165, 1.54) is 6.54 Å². The number of imide groups is 1. The molecule has 200 valence electrons. The summed E-state index contributed by atoms with van der Waals surface area (Å²) in [6, 6.07) is 6.44. The Morgan fingerprint density at radius 2 is 1.70 bits per heavy atom. The molecule has 3 N–H and O–H groups in total. The zero-order valence-corrected chi connectivity index (χ0v) is 21.8. The molecule has 4 fully saturated rings. The molecule has 1 saturated carbocycles. The number of carbonyl (C=O) groups excluding carboxylic acids is 2. The highest BCUT2D eigenvalue weighted by Gasteiger charge is 2.34. The first kappa shape index (κ1) is 24.6. The number of aryl methyl sites for hydroxylation is 1. The van der Waals surface area contributed by atoms with Crippen LogP contribution in [0.2, 0.25) is 0 Å². The van der Waals surface area contributed by atoms with Crippen LogP contribution in [0.15, 0.2) is 23.0 Å². The third kappa shape index (κ3) is 4.59. The Balaban J connectivity index is 1.11. The number of nitrogens with two attached hydrogens (primary N) is 1. The lowest BCUT2D eigenvalue weighted by Crippen LogP contribution is -2.57. The molecule has 1 atom stereocenters. The molecule has 6 rings (SSSR count). The quantitative estimate of drug-likeness (QED) is 0.570. The topological polar surface area (TPSA) is 109 Å². The second-order valence-electron chi connectivity index (χ2n) is 11.5. The summed E-state index contributed by atoms with van der Waals surface area (Å²) in [4.78, 5) is 45.1. The second-order valence-corrected chi connectivity index (χ2v) is 11.5. The third-order valence-corrected chi connectivity index (χ3v) is 9.15. The number of piperidine rings is 2. The van der Waals surface area contributed by atoms with Gasteiger partial charge in [-0.25, -0.2) is 4.79 Å². The van der Waals surface area contributed by atoms with E-state index in [2.05, 4.69) is 26.1 Å². The first-order chi connectivity index (χ1) is 17.9. The molecule has 1 unspecified atom stereocenters. The lowest BCUT2D eigenvalue weighted by molar-refractivity contribution is -0.135. The molecule has 10 heteroatoms. The van der Waals surface area contributed by atoms with Gasteiger partial charge in [-0.15, -0.1) is 0 Å². The minimum atomic E-state index is -0.656. The molecule has 0 bridgehead atoms. The number of hydrogen-bond acceptors (Lipinski definition) is 7. The highest BCUT2D eigenvalue weighted by Crippen LogP contribution is 2.32. The fourth-order valence-electron chi connectivity index (χ4n) is 6.86. The van der Waals surface area contributed by atoms with Crippen molar-refractivity contribution < 1.29 is 9.59 Å². The molecule has 10 nitrogen and oxygen atoms in total. The Morgan fingerprint density at radius 3 is 2.38 bits per heavy atom. The highest BCUT2D eigenvalue weighted by atomic mass is 16.2. The molecule has 37 heavy (non-hydrogen) atoms. The Hall–Kier alpha value is -2.69. The second kappa shape index (κ2) is 9.89. The lowest BCUT2D eigenvalue weighted by Gasteiger charge is -2.46. The monoisotopic (exact) mass is 509 g/mol. The van der Waals surface area contributed by atoms with Gasteiger partial charge in [-0.2, -0.15) is 0 Å². The van der Waals surface area contributed by atoms with Gasteiger partial charge in [0.05, 0.1) is 16.7 Å². The van der Waals surface area contributed by atoms with Gasteiger partial charge in [0, 0.05) is 71.4 Å². The molecular weight excluding hydrogens is 470 g/mol. The molecule has 4 aliphatic rings. The number of aromatic nitrogens is 2. The van der Waals surface area contributed by atoms with Gasteiger partial charge < -0.3 is 15.5 Å². The van der Waals surface area contributed by atoms with Crippen LogP contribution in [-0.2, 0) is 16.6 Å². The van der Waals surface area contributed by atoms with Gasteiger partial charge in [0.2, 0.25) is 11.8 Å². The number of fused-ring (bicyclic) bond motifs is 1. The maximum absolute atomic E-state index is 13.3. The average Bonchev–Trinajstić information content (AvgIpc) is 3.13. The first-order valence-corrected chi connectivity index (χ1v) is 13.9. The van der Waals surface area contributed by atoms with Crippen LogP contribution >= 0.6 is 0 Å². The van der Waals surface area contributed by atoms with E-state index in [0.717, 1.165) is 81.7 Å². The van der Waals surface area contributed by atoms with Crippen LogP contribution in [-0.4, -0.2) is 88.6 Å². The minimum Gasteiger partial charge on any atom is -0.370 e. The van der Waals surface area contributed by atoms with E-state index in [9.17, 15) is 14.4 Å². The summed E-state index contributed by atoms with van der Waals surface area (Å²) in [6.45, 7) is 7.72. The summed E-state index contributed by atoms with van der Waals surface area (Å²) in [5.74, 6) is 0.0215. The van der Waals surface area contributed by atoms with Crippen LogP contribution in [0, 0.1) is 5.92 Å². The number of hydrogen-bond donors (Lipinski definition) is 2. The summed E-state index contributed by atoms with van der Waals surface area (Å²) in [5, 5.41) is 2.39. The summed E-state index contributed by atoms with van der Waals surface area (Å²) >= 11 is 0. The standard InChI is InChI=1S/C27H39N7O3/c1-30-25-21(3-2-4-22(25)34(27(30)37)23-5-6-24(35)29-26(23)36)33-9-7-18(8-10-33)17-31-11-13-32(14-12-31)20-15-19(28)16-20/h2-4,18-20,23H,5-17,28H2,1H3,(H,29,35,36)/t19-,20-,23?. The van der Waals surface area contributed by atoms with E-state index in [0.29, 0.717) is 24.4 Å². The van der Waals surface area contributed by atoms with Crippen LogP contribution in [0.5, 0.6) is 0 Å². The van der Waals surface area contributed by atoms with Gasteiger partial charge >= 0.3 is 5.69 Å². The number of para-hydroxylation sites is 1. The molecular formula is C27H39N7O3. The van der Waals surface area contributed by atoms with Gasteiger partial charge in [-0.3, -0.25) is 28.9 Å². The molecule has 3 saturated heterocycles. The fraction of sp³-hybridized carbons (Fsp3) is 0.667. The van der Waals surface area contributed by atoms with Gasteiger partial charge in [0.25, 0.3) is 0 Å². The number of rotatable bonds is 5. The molecule has 1 aromatic heterocycles. The summed E-state index contributed by atoms with van der Waals surface area (Å²) < 4.78 is 3.24. The zero-order chi connectivity index (χ0) is 25.7. The SMILES string of the molecule is Cn1c(=O)n(C2CCC(=O)NC2=O)c2cccc(N3CCC(CN4CCN([C@H]5C[C@H](N)C5)CC4)CC3)c21. The van der Waals surface area contributed by atoms with Gasteiger partial charge in [-0.1, -0.05) is 6.07 Å². The van der Waals surface area contributed by atoms with Crippen molar-refractivity contribution in [3.63, 3.8) is 0 Å². The lowest BCUT2D eigenvalue weighted by atomic mass is 9.86. The fourth-order valence-corrected chi connectivity index (χ4v) is 6.86. The van der Waals surface area contributed by atoms with E-state index < -0.39 is 11.9 Å². The third-order valence-electron chi connectivity index (χ3n) is 9.15. The molecule has 3 aliphatic heterocycles. The number of carbonyl (C=O) groups is 2. The van der Waals surface area contributed by atoms with Crippen LogP contribution < -0.4 is 21.6 Å². The minimum absolute atomic E-state index is 0.213. The van der Waals surface area contributed by atoms with E-state index in [1.54, 1.807) is 16.2 Å². The number of nitrogens with one attached hydrogen (secondary N) is 1. The van der Waals surface area contributed by atoms with Crippen molar-refractivity contribution in [2.24, 2.45) is 18.7 Å². The van der Waals surface area contributed by atoms with E-state index >= 15 is 0 Å². The number of imidazole rings is 1. The Bertz CT molecular complexity index is 1230. The molecule has 1 aliphatic carbocycles. The van der Waals surface area contributed by atoms with Gasteiger partial charge in [0.15, 0.2) is 0 Å². The van der Waals surface area contributed by atoms with Crippen LogP contribution in [0.4, 0.5) is 5.69 Å². The smallest absolute Gasteiger partial charge is 0.329 e. The molecule has 0 radical (unpaired) electrons. The van der Waals surface area contributed by atoms with Crippen LogP contribution in [0.25, 0.3) is 11.0 Å². The van der Waals surface area contributed by atoms with Crippen molar-refractivity contribution in [3.8, 4) is 0 Å². The number of anilines is 1. The summed E-state index contributed by atoms with van der Waals surface area (Å²) in [6.07, 6.45) is 5.19. The van der Waals surface area contributed by atoms with Crippen molar-refractivity contribution >= 4 is 28.5 Å². The van der Waals surface area contributed by atoms with Crippen molar-refractivity contribution in [1.29, 1.82) is 0 Å². The van der Waals surface area contributed by atoms with Crippen LogP contribution in [0.3, 0.4) is 0 Å².